The van der Waals surface area contributed by atoms with Crippen molar-refractivity contribution in [2.75, 3.05) is 14.1 Å². The summed E-state index contributed by atoms with van der Waals surface area (Å²) in [4.78, 5) is 2.19. The molecule has 0 aliphatic carbocycles. The molecule has 0 saturated heterocycles. The third-order valence-corrected chi connectivity index (χ3v) is 3.46. The fourth-order valence-electron chi connectivity index (χ4n) is 2.35. The predicted molar refractivity (Wildman–Crippen MR) is 79.1 cm³/mol. The highest BCUT2D eigenvalue weighted by Gasteiger charge is 2.15. The molecule has 1 nitrogen and oxygen atoms in total. The van der Waals surface area contributed by atoms with Gasteiger partial charge in [-0.05, 0) is 24.7 Å². The minimum atomic E-state index is 0.687. The summed E-state index contributed by atoms with van der Waals surface area (Å²) in [7, 11) is 4.24. The molecule has 0 amide bonds. The fourth-order valence-corrected chi connectivity index (χ4v) is 2.35. The highest BCUT2D eigenvalue weighted by Crippen LogP contribution is 2.26. The highest BCUT2D eigenvalue weighted by molar-refractivity contribution is 4.98. The second-order valence-electron chi connectivity index (χ2n) is 5.92. The molecule has 0 rings (SSSR count). The van der Waals surface area contributed by atoms with Gasteiger partial charge in [0.15, 0.2) is 0 Å². The van der Waals surface area contributed by atoms with E-state index in [-0.39, 0.29) is 0 Å². The SMILES string of the molecule is C=C([C@H](CCCCCCC)CC(C)C)N(C)C. The zero-order valence-corrected chi connectivity index (χ0v) is 12.8. The summed E-state index contributed by atoms with van der Waals surface area (Å²) in [5, 5.41) is 0. The van der Waals surface area contributed by atoms with Gasteiger partial charge in [-0.3, -0.25) is 0 Å². The number of hydrogen-bond donors (Lipinski definition) is 0. The van der Waals surface area contributed by atoms with Gasteiger partial charge >= 0.3 is 0 Å². The maximum absolute atomic E-state index is 4.25. The maximum atomic E-state index is 4.25. The monoisotopic (exact) mass is 239 g/mol. The van der Waals surface area contributed by atoms with Crippen LogP contribution in [0.15, 0.2) is 12.3 Å². The Morgan fingerprint density at radius 1 is 1.06 bits per heavy atom. The van der Waals surface area contributed by atoms with Crippen LogP contribution in [0.3, 0.4) is 0 Å². The Labute approximate surface area is 109 Å². The Balaban J connectivity index is 3.98. The third kappa shape index (κ3) is 8.29. The Bertz CT molecular complexity index is 194. The smallest absolute Gasteiger partial charge is 0.00861 e. The molecular weight excluding hydrogens is 206 g/mol. The van der Waals surface area contributed by atoms with Crippen LogP contribution in [0.1, 0.15) is 65.7 Å². The summed E-state index contributed by atoms with van der Waals surface area (Å²) in [6, 6.07) is 0. The molecule has 0 N–H and O–H groups in total. The molecule has 102 valence electrons. The van der Waals surface area contributed by atoms with Gasteiger partial charge in [0, 0.05) is 19.8 Å². The molecule has 1 heteroatoms. The fraction of sp³-hybridized carbons (Fsp3) is 0.875. The van der Waals surface area contributed by atoms with Crippen molar-refractivity contribution in [2.45, 2.75) is 65.7 Å². The van der Waals surface area contributed by atoms with E-state index < -0.39 is 0 Å². The van der Waals surface area contributed by atoms with Crippen LogP contribution in [-0.4, -0.2) is 19.0 Å². The molecule has 17 heavy (non-hydrogen) atoms. The molecule has 0 aliphatic rings. The second-order valence-corrected chi connectivity index (χ2v) is 5.92. The minimum Gasteiger partial charge on any atom is -0.381 e. The van der Waals surface area contributed by atoms with E-state index in [4.69, 9.17) is 0 Å². The van der Waals surface area contributed by atoms with E-state index in [0.29, 0.717) is 5.92 Å². The molecule has 0 heterocycles. The number of nitrogens with zero attached hydrogens (tertiary/aromatic N) is 1. The molecule has 0 aromatic heterocycles. The van der Waals surface area contributed by atoms with Crippen LogP contribution in [0.25, 0.3) is 0 Å². The summed E-state index contributed by atoms with van der Waals surface area (Å²) < 4.78 is 0. The Hall–Kier alpha value is -0.460. The van der Waals surface area contributed by atoms with Crippen molar-refractivity contribution >= 4 is 0 Å². The molecule has 0 unspecified atom stereocenters. The Kier molecular flexibility index (Phi) is 9.30. The molecule has 0 bridgehead atoms. The van der Waals surface area contributed by atoms with Crippen molar-refractivity contribution in [3.63, 3.8) is 0 Å². The van der Waals surface area contributed by atoms with Gasteiger partial charge < -0.3 is 4.90 Å². The van der Waals surface area contributed by atoms with Gasteiger partial charge in [-0.1, -0.05) is 59.5 Å². The number of rotatable bonds is 10. The van der Waals surface area contributed by atoms with Gasteiger partial charge in [-0.25, -0.2) is 0 Å². The van der Waals surface area contributed by atoms with Crippen LogP contribution in [0.2, 0.25) is 0 Å². The zero-order chi connectivity index (χ0) is 13.3. The standard InChI is InChI=1S/C16H33N/c1-7-8-9-10-11-12-16(13-14(2)3)15(4)17(5)6/h14,16H,4,7-13H2,1-3,5-6H3/t16-/m1/s1. The van der Waals surface area contributed by atoms with Crippen molar-refractivity contribution in [1.29, 1.82) is 0 Å². The summed E-state index contributed by atoms with van der Waals surface area (Å²) in [6.07, 6.45) is 9.49. The quantitative estimate of drug-likeness (QED) is 0.480. The minimum absolute atomic E-state index is 0.687. The lowest BCUT2D eigenvalue weighted by Crippen LogP contribution is -2.19. The third-order valence-electron chi connectivity index (χ3n) is 3.46. The first-order chi connectivity index (χ1) is 7.99. The summed E-state index contributed by atoms with van der Waals surface area (Å²) in [5.74, 6) is 1.46. The van der Waals surface area contributed by atoms with Gasteiger partial charge in [0.1, 0.15) is 0 Å². The lowest BCUT2D eigenvalue weighted by atomic mass is 9.89. The first-order valence-corrected chi connectivity index (χ1v) is 7.35. The predicted octanol–water partition coefficient (Wildman–Crippen LogP) is 5.08. The molecule has 0 fully saturated rings. The lowest BCUT2D eigenvalue weighted by molar-refractivity contribution is 0.342. The molecule has 1 atom stereocenters. The van der Waals surface area contributed by atoms with Crippen LogP contribution in [-0.2, 0) is 0 Å². The van der Waals surface area contributed by atoms with E-state index in [9.17, 15) is 0 Å². The summed E-state index contributed by atoms with van der Waals surface area (Å²) in [6.45, 7) is 11.1. The van der Waals surface area contributed by atoms with Crippen LogP contribution in [0, 0.1) is 11.8 Å². The van der Waals surface area contributed by atoms with E-state index in [0.717, 1.165) is 5.92 Å². The van der Waals surface area contributed by atoms with Crippen molar-refractivity contribution in [3.05, 3.63) is 12.3 Å². The first kappa shape index (κ1) is 16.5. The van der Waals surface area contributed by atoms with E-state index in [1.54, 1.807) is 0 Å². The largest absolute Gasteiger partial charge is 0.381 e. The Morgan fingerprint density at radius 2 is 1.65 bits per heavy atom. The van der Waals surface area contributed by atoms with Crippen LogP contribution in [0.5, 0.6) is 0 Å². The summed E-state index contributed by atoms with van der Waals surface area (Å²) >= 11 is 0. The summed E-state index contributed by atoms with van der Waals surface area (Å²) in [5.41, 5.74) is 1.31. The molecule has 0 aliphatic heterocycles. The Morgan fingerprint density at radius 3 is 2.12 bits per heavy atom. The van der Waals surface area contributed by atoms with Gasteiger partial charge in [0.25, 0.3) is 0 Å². The van der Waals surface area contributed by atoms with Crippen LogP contribution in [0.4, 0.5) is 0 Å². The molecular formula is C16H33N. The van der Waals surface area contributed by atoms with E-state index in [1.165, 1.54) is 50.6 Å². The van der Waals surface area contributed by atoms with Crippen molar-refractivity contribution in [2.24, 2.45) is 11.8 Å². The molecule has 0 saturated carbocycles. The molecule has 0 spiro atoms. The van der Waals surface area contributed by atoms with Gasteiger partial charge in [-0.2, -0.15) is 0 Å². The normalized spacial score (nSPS) is 12.8. The highest BCUT2D eigenvalue weighted by atomic mass is 15.1. The van der Waals surface area contributed by atoms with Gasteiger partial charge in [0.2, 0.25) is 0 Å². The molecule has 0 aromatic rings. The molecule has 0 aromatic carbocycles. The van der Waals surface area contributed by atoms with Crippen molar-refractivity contribution in [1.82, 2.24) is 4.90 Å². The van der Waals surface area contributed by atoms with Gasteiger partial charge in [-0.15, -0.1) is 0 Å². The zero-order valence-electron chi connectivity index (χ0n) is 12.8. The van der Waals surface area contributed by atoms with Crippen molar-refractivity contribution in [3.8, 4) is 0 Å². The number of allylic oxidation sites excluding steroid dienone is 1. The number of hydrogen-bond acceptors (Lipinski definition) is 1. The van der Waals surface area contributed by atoms with E-state index >= 15 is 0 Å². The topological polar surface area (TPSA) is 3.24 Å². The maximum Gasteiger partial charge on any atom is 0.00861 e. The van der Waals surface area contributed by atoms with Crippen LogP contribution >= 0.6 is 0 Å². The van der Waals surface area contributed by atoms with E-state index in [2.05, 4.69) is 46.3 Å². The average Bonchev–Trinajstić information content (AvgIpc) is 2.25. The van der Waals surface area contributed by atoms with Crippen molar-refractivity contribution < 1.29 is 0 Å². The average molecular weight is 239 g/mol. The second kappa shape index (κ2) is 9.56. The van der Waals surface area contributed by atoms with Gasteiger partial charge in [0.05, 0.1) is 0 Å². The lowest BCUT2D eigenvalue weighted by Gasteiger charge is -2.26. The van der Waals surface area contributed by atoms with E-state index in [1.807, 2.05) is 0 Å². The first-order valence-electron chi connectivity index (χ1n) is 7.35. The number of unbranched alkanes of at least 4 members (excludes halogenated alkanes) is 4. The molecule has 0 radical (unpaired) electrons. The van der Waals surface area contributed by atoms with Crippen LogP contribution < -0.4 is 0 Å².